The molecule has 0 saturated heterocycles. The van der Waals surface area contributed by atoms with Gasteiger partial charge in [-0.3, -0.25) is 9.97 Å². The lowest BCUT2D eigenvalue weighted by molar-refractivity contribution is 0.426. The number of nitrogens with zero attached hydrogens (tertiary/aromatic N) is 2. The number of benzene rings is 1. The molecule has 2 aromatic rings. The summed E-state index contributed by atoms with van der Waals surface area (Å²) in [6, 6.07) is 4.95. The van der Waals surface area contributed by atoms with Crippen LogP contribution in [0.25, 0.3) is 11.3 Å². The van der Waals surface area contributed by atoms with Gasteiger partial charge in [0.15, 0.2) is 0 Å². The fourth-order valence-electron chi connectivity index (χ4n) is 1.57. The average Bonchev–Trinajstić information content (AvgIpc) is 2.29. The number of aryl methyl sites for hydroxylation is 1. The van der Waals surface area contributed by atoms with E-state index in [-0.39, 0.29) is 5.46 Å². The second kappa shape index (κ2) is 4.83. The van der Waals surface area contributed by atoms with Crippen molar-refractivity contribution in [2.24, 2.45) is 0 Å². The molecular weight excluding hydrogens is 238 g/mol. The van der Waals surface area contributed by atoms with E-state index in [4.69, 9.17) is 21.6 Å². The van der Waals surface area contributed by atoms with Gasteiger partial charge >= 0.3 is 7.12 Å². The molecular formula is C11H10BClN2O2. The summed E-state index contributed by atoms with van der Waals surface area (Å²) in [6.45, 7) is 1.85. The minimum absolute atomic E-state index is 0.275. The van der Waals surface area contributed by atoms with Crippen molar-refractivity contribution in [1.29, 1.82) is 0 Å². The largest absolute Gasteiger partial charge is 0.489 e. The van der Waals surface area contributed by atoms with Crippen LogP contribution in [0.2, 0.25) is 5.02 Å². The highest BCUT2D eigenvalue weighted by Crippen LogP contribution is 2.21. The number of hydrogen-bond donors (Lipinski definition) is 2. The van der Waals surface area contributed by atoms with E-state index in [1.807, 2.05) is 6.92 Å². The third-order valence-electron chi connectivity index (χ3n) is 2.43. The second-order valence-electron chi connectivity index (χ2n) is 3.60. The normalized spacial score (nSPS) is 10.4. The van der Waals surface area contributed by atoms with Crippen LogP contribution in [0, 0.1) is 6.92 Å². The summed E-state index contributed by atoms with van der Waals surface area (Å²) in [6.07, 6.45) is 3.22. The van der Waals surface area contributed by atoms with Crippen LogP contribution in [0.3, 0.4) is 0 Å². The Kier molecular flexibility index (Phi) is 3.42. The Morgan fingerprint density at radius 2 is 1.88 bits per heavy atom. The fraction of sp³-hybridized carbons (Fsp3) is 0.0909. The molecule has 0 amide bonds. The van der Waals surface area contributed by atoms with E-state index in [2.05, 4.69) is 9.97 Å². The lowest BCUT2D eigenvalue weighted by Gasteiger charge is -2.07. The summed E-state index contributed by atoms with van der Waals surface area (Å²) < 4.78 is 0. The molecule has 0 saturated carbocycles. The number of hydrogen-bond acceptors (Lipinski definition) is 4. The van der Waals surface area contributed by atoms with Crippen molar-refractivity contribution in [3.8, 4) is 11.3 Å². The molecule has 17 heavy (non-hydrogen) atoms. The monoisotopic (exact) mass is 248 g/mol. The summed E-state index contributed by atoms with van der Waals surface area (Å²) in [5, 5.41) is 18.4. The predicted octanol–water partition coefficient (Wildman–Crippen LogP) is 0.785. The van der Waals surface area contributed by atoms with Crippen LogP contribution in [-0.4, -0.2) is 27.1 Å². The summed E-state index contributed by atoms with van der Waals surface area (Å²) >= 11 is 5.96. The van der Waals surface area contributed by atoms with E-state index in [9.17, 15) is 0 Å². The van der Waals surface area contributed by atoms with E-state index in [0.717, 1.165) is 17.0 Å². The lowest BCUT2D eigenvalue weighted by atomic mass is 9.80. The van der Waals surface area contributed by atoms with Crippen LogP contribution in [0.5, 0.6) is 0 Å². The molecule has 0 atom stereocenters. The maximum absolute atomic E-state index is 9.06. The van der Waals surface area contributed by atoms with Crippen molar-refractivity contribution in [3.63, 3.8) is 0 Å². The van der Waals surface area contributed by atoms with E-state index in [1.54, 1.807) is 30.6 Å². The molecule has 4 nitrogen and oxygen atoms in total. The summed E-state index contributed by atoms with van der Waals surface area (Å²) in [4.78, 5) is 8.36. The number of aromatic nitrogens is 2. The van der Waals surface area contributed by atoms with Gasteiger partial charge in [-0.1, -0.05) is 23.7 Å². The van der Waals surface area contributed by atoms with Crippen molar-refractivity contribution in [3.05, 3.63) is 41.3 Å². The van der Waals surface area contributed by atoms with Gasteiger partial charge in [-0.05, 0) is 13.0 Å². The van der Waals surface area contributed by atoms with Crippen molar-refractivity contribution < 1.29 is 10.0 Å². The summed E-state index contributed by atoms with van der Waals surface area (Å²) in [5.41, 5.74) is 2.59. The maximum atomic E-state index is 9.06. The molecule has 2 rings (SSSR count). The summed E-state index contributed by atoms with van der Waals surface area (Å²) in [7, 11) is -1.57. The summed E-state index contributed by atoms with van der Waals surface area (Å²) in [5.74, 6) is 0. The molecule has 0 spiro atoms. The molecule has 0 fully saturated rings. The number of halogens is 1. The zero-order valence-electron chi connectivity index (χ0n) is 9.13. The molecule has 2 N–H and O–H groups in total. The van der Waals surface area contributed by atoms with Gasteiger partial charge in [0.2, 0.25) is 0 Å². The lowest BCUT2D eigenvalue weighted by Crippen LogP contribution is -2.30. The third-order valence-corrected chi connectivity index (χ3v) is 2.76. The Labute approximate surface area is 104 Å². The molecule has 0 unspecified atom stereocenters. The van der Waals surface area contributed by atoms with E-state index in [0.29, 0.717) is 5.02 Å². The van der Waals surface area contributed by atoms with Crippen LogP contribution in [0.15, 0.2) is 30.6 Å². The minimum atomic E-state index is -1.57. The van der Waals surface area contributed by atoms with Gasteiger partial charge in [0.25, 0.3) is 0 Å². The first-order valence-corrected chi connectivity index (χ1v) is 5.41. The van der Waals surface area contributed by atoms with Gasteiger partial charge in [0.05, 0.1) is 11.4 Å². The molecule has 0 aliphatic rings. The van der Waals surface area contributed by atoms with Crippen molar-refractivity contribution >= 4 is 24.2 Å². The van der Waals surface area contributed by atoms with Crippen molar-refractivity contribution in [2.75, 3.05) is 0 Å². The van der Waals surface area contributed by atoms with E-state index in [1.165, 1.54) is 0 Å². The third kappa shape index (κ3) is 2.47. The van der Waals surface area contributed by atoms with Gasteiger partial charge in [0, 0.05) is 28.4 Å². The van der Waals surface area contributed by atoms with Gasteiger partial charge < -0.3 is 10.0 Å². The first-order valence-electron chi connectivity index (χ1n) is 5.03. The highest BCUT2D eigenvalue weighted by molar-refractivity contribution is 6.62. The zero-order chi connectivity index (χ0) is 12.4. The minimum Gasteiger partial charge on any atom is -0.423 e. The standard InChI is InChI=1S/C11H10BClN2O2/c1-7-11(15-5-4-14-7)8-2-3-9(12(16)17)10(13)6-8/h2-6,16-17H,1H3. The molecule has 1 aromatic heterocycles. The van der Waals surface area contributed by atoms with Crippen molar-refractivity contribution in [2.45, 2.75) is 6.92 Å². The van der Waals surface area contributed by atoms with Crippen LogP contribution in [0.1, 0.15) is 5.69 Å². The van der Waals surface area contributed by atoms with Crippen molar-refractivity contribution in [1.82, 2.24) is 9.97 Å². The van der Waals surface area contributed by atoms with E-state index < -0.39 is 7.12 Å². The quantitative estimate of drug-likeness (QED) is 0.771. The first-order chi connectivity index (χ1) is 8.09. The Morgan fingerprint density at radius 3 is 2.47 bits per heavy atom. The topological polar surface area (TPSA) is 66.2 Å². The predicted molar refractivity (Wildman–Crippen MR) is 67.0 cm³/mol. The zero-order valence-corrected chi connectivity index (χ0v) is 9.89. The molecule has 6 heteroatoms. The van der Waals surface area contributed by atoms with E-state index >= 15 is 0 Å². The van der Waals surface area contributed by atoms with Gasteiger partial charge in [0.1, 0.15) is 0 Å². The first kappa shape index (κ1) is 12.0. The maximum Gasteiger partial charge on any atom is 0.489 e. The average molecular weight is 248 g/mol. The Hall–Kier alpha value is -1.43. The molecule has 0 aliphatic heterocycles. The number of rotatable bonds is 2. The van der Waals surface area contributed by atoms with Crippen LogP contribution >= 0.6 is 11.6 Å². The van der Waals surface area contributed by atoms with Gasteiger partial charge in [-0.25, -0.2) is 0 Å². The van der Waals surface area contributed by atoms with Crippen LogP contribution < -0.4 is 5.46 Å². The van der Waals surface area contributed by atoms with Crippen LogP contribution in [-0.2, 0) is 0 Å². The van der Waals surface area contributed by atoms with Gasteiger partial charge in [-0.2, -0.15) is 0 Å². The SMILES string of the molecule is Cc1nccnc1-c1ccc(B(O)O)c(Cl)c1. The molecule has 1 heterocycles. The van der Waals surface area contributed by atoms with Crippen LogP contribution in [0.4, 0.5) is 0 Å². The molecule has 0 aliphatic carbocycles. The molecule has 86 valence electrons. The highest BCUT2D eigenvalue weighted by atomic mass is 35.5. The highest BCUT2D eigenvalue weighted by Gasteiger charge is 2.16. The Bertz CT molecular complexity index is 549. The fourth-order valence-corrected chi connectivity index (χ4v) is 1.85. The second-order valence-corrected chi connectivity index (χ2v) is 4.01. The molecule has 0 radical (unpaired) electrons. The Morgan fingerprint density at radius 1 is 1.18 bits per heavy atom. The smallest absolute Gasteiger partial charge is 0.423 e. The van der Waals surface area contributed by atoms with Gasteiger partial charge in [-0.15, -0.1) is 0 Å². The Balaban J connectivity index is 2.49. The molecule has 0 bridgehead atoms. The molecule has 1 aromatic carbocycles.